The number of benzene rings is 1. The fourth-order valence-corrected chi connectivity index (χ4v) is 3.90. The molecule has 4 rings (SSSR count). The Morgan fingerprint density at radius 3 is 2.59 bits per heavy atom. The molecule has 0 saturated carbocycles. The number of aromatic nitrogens is 5. The number of aryl methyl sites for hydroxylation is 1. The molecule has 0 N–H and O–H groups in total. The van der Waals surface area contributed by atoms with Crippen LogP contribution in [-0.4, -0.2) is 54.9 Å². The summed E-state index contributed by atoms with van der Waals surface area (Å²) in [6.07, 6.45) is 4.71. The van der Waals surface area contributed by atoms with Crippen LogP contribution in [0.2, 0.25) is 0 Å². The Labute approximate surface area is 197 Å². The standard InChI is InChI=1S/C24H29FN6O3/c1-16-11-18(17-7-9-30(10-8-17)23(32)34-24(2,3)4)13-26-21(16)14-33-22-6-5-19(12-20(22)25)31-15-27-28-29-31/h5-6,11-13,15,17H,7-10,14H2,1-4H3. The Kier molecular flexibility index (Phi) is 6.76. The normalized spacial score (nSPS) is 14.8. The number of nitrogens with zero attached hydrogens (tertiary/aromatic N) is 6. The van der Waals surface area contributed by atoms with Gasteiger partial charge in [0.1, 0.15) is 18.5 Å². The molecule has 180 valence electrons. The minimum Gasteiger partial charge on any atom is -0.484 e. The zero-order valence-electron chi connectivity index (χ0n) is 19.9. The lowest BCUT2D eigenvalue weighted by Gasteiger charge is -2.33. The fraction of sp³-hybridized carbons (Fsp3) is 0.458. The first-order valence-electron chi connectivity index (χ1n) is 11.3. The Hall–Kier alpha value is -3.56. The molecular weight excluding hydrogens is 439 g/mol. The van der Waals surface area contributed by atoms with E-state index in [2.05, 4.69) is 26.6 Å². The summed E-state index contributed by atoms with van der Waals surface area (Å²) in [5.74, 6) is -0.0354. The summed E-state index contributed by atoms with van der Waals surface area (Å²) in [5.41, 5.74) is 2.89. The molecule has 1 fully saturated rings. The predicted octanol–water partition coefficient (Wildman–Crippen LogP) is 4.20. The first-order valence-corrected chi connectivity index (χ1v) is 11.3. The van der Waals surface area contributed by atoms with Crippen molar-refractivity contribution < 1.29 is 18.7 Å². The maximum absolute atomic E-state index is 14.5. The van der Waals surface area contributed by atoms with E-state index in [1.165, 1.54) is 17.1 Å². The maximum atomic E-state index is 14.5. The van der Waals surface area contributed by atoms with Crippen molar-refractivity contribution in [1.29, 1.82) is 0 Å². The highest BCUT2D eigenvalue weighted by molar-refractivity contribution is 5.68. The van der Waals surface area contributed by atoms with Crippen LogP contribution >= 0.6 is 0 Å². The number of pyridine rings is 1. The van der Waals surface area contributed by atoms with E-state index in [9.17, 15) is 9.18 Å². The highest BCUT2D eigenvalue weighted by Crippen LogP contribution is 2.30. The number of amides is 1. The molecule has 3 aromatic rings. The molecule has 2 aromatic heterocycles. The zero-order chi connectivity index (χ0) is 24.3. The van der Waals surface area contributed by atoms with E-state index < -0.39 is 11.4 Å². The van der Waals surface area contributed by atoms with Crippen molar-refractivity contribution in [1.82, 2.24) is 30.1 Å². The van der Waals surface area contributed by atoms with Crippen LogP contribution in [0, 0.1) is 12.7 Å². The van der Waals surface area contributed by atoms with E-state index in [0.717, 1.165) is 29.7 Å². The lowest BCUT2D eigenvalue weighted by atomic mass is 9.89. The van der Waals surface area contributed by atoms with Crippen LogP contribution in [0.25, 0.3) is 5.69 Å². The number of hydrogen-bond donors (Lipinski definition) is 0. The SMILES string of the molecule is Cc1cc(C2CCN(C(=O)OC(C)(C)C)CC2)cnc1COc1ccc(-n2cnnn2)cc1F. The monoisotopic (exact) mass is 468 g/mol. The van der Waals surface area contributed by atoms with E-state index in [1.807, 2.05) is 33.9 Å². The van der Waals surface area contributed by atoms with Gasteiger partial charge in [-0.1, -0.05) is 6.07 Å². The predicted molar refractivity (Wildman–Crippen MR) is 122 cm³/mol. The highest BCUT2D eigenvalue weighted by Gasteiger charge is 2.27. The number of likely N-dealkylation sites (tertiary alicyclic amines) is 1. The van der Waals surface area contributed by atoms with Crippen LogP contribution in [0.15, 0.2) is 36.8 Å². The molecule has 0 bridgehead atoms. The molecule has 1 amide bonds. The number of tetrazole rings is 1. The van der Waals surface area contributed by atoms with Crippen molar-refractivity contribution in [2.45, 2.75) is 58.7 Å². The summed E-state index contributed by atoms with van der Waals surface area (Å²) in [6, 6.07) is 6.66. The van der Waals surface area contributed by atoms with Gasteiger partial charge in [-0.05, 0) is 80.1 Å². The second-order valence-corrected chi connectivity index (χ2v) is 9.43. The average molecular weight is 469 g/mol. The summed E-state index contributed by atoms with van der Waals surface area (Å²) in [5, 5.41) is 10.8. The topological polar surface area (TPSA) is 95.3 Å². The fourth-order valence-electron chi connectivity index (χ4n) is 3.90. The van der Waals surface area contributed by atoms with Crippen molar-refractivity contribution in [3.05, 3.63) is 59.4 Å². The molecule has 0 radical (unpaired) electrons. The summed E-state index contributed by atoms with van der Waals surface area (Å²) in [6.45, 7) is 9.06. The van der Waals surface area contributed by atoms with Gasteiger partial charge in [-0.25, -0.2) is 13.9 Å². The molecule has 1 saturated heterocycles. The quantitative estimate of drug-likeness (QED) is 0.554. The Morgan fingerprint density at radius 1 is 1.21 bits per heavy atom. The van der Waals surface area contributed by atoms with Gasteiger partial charge in [-0.2, -0.15) is 0 Å². The largest absolute Gasteiger partial charge is 0.484 e. The van der Waals surface area contributed by atoms with Gasteiger partial charge in [0.2, 0.25) is 0 Å². The summed E-state index contributed by atoms with van der Waals surface area (Å²) in [4.78, 5) is 18.6. The van der Waals surface area contributed by atoms with E-state index in [1.54, 1.807) is 17.0 Å². The van der Waals surface area contributed by atoms with Gasteiger partial charge in [-0.3, -0.25) is 4.98 Å². The van der Waals surface area contributed by atoms with E-state index in [4.69, 9.17) is 9.47 Å². The molecule has 34 heavy (non-hydrogen) atoms. The van der Waals surface area contributed by atoms with Gasteiger partial charge in [0.15, 0.2) is 11.6 Å². The number of carbonyl (C=O) groups is 1. The number of piperidine rings is 1. The van der Waals surface area contributed by atoms with Crippen molar-refractivity contribution >= 4 is 6.09 Å². The third-order valence-electron chi connectivity index (χ3n) is 5.72. The number of rotatable bonds is 5. The molecule has 9 nitrogen and oxygen atoms in total. The van der Waals surface area contributed by atoms with Gasteiger partial charge in [0.05, 0.1) is 11.4 Å². The van der Waals surface area contributed by atoms with Crippen molar-refractivity contribution in [2.24, 2.45) is 0 Å². The highest BCUT2D eigenvalue weighted by atomic mass is 19.1. The number of hydrogen-bond acceptors (Lipinski definition) is 7. The number of ether oxygens (including phenoxy) is 2. The van der Waals surface area contributed by atoms with Crippen LogP contribution < -0.4 is 4.74 Å². The lowest BCUT2D eigenvalue weighted by molar-refractivity contribution is 0.0204. The number of halogens is 1. The van der Waals surface area contributed by atoms with E-state index in [0.29, 0.717) is 24.7 Å². The maximum Gasteiger partial charge on any atom is 0.410 e. The van der Waals surface area contributed by atoms with Gasteiger partial charge < -0.3 is 14.4 Å². The molecule has 10 heteroatoms. The van der Waals surface area contributed by atoms with Gasteiger partial charge in [0.25, 0.3) is 0 Å². The molecule has 3 heterocycles. The molecule has 0 aliphatic carbocycles. The molecule has 0 atom stereocenters. The first-order chi connectivity index (χ1) is 16.2. The van der Waals surface area contributed by atoms with Gasteiger partial charge in [0, 0.05) is 25.4 Å². The summed E-state index contributed by atoms with van der Waals surface area (Å²) in [7, 11) is 0. The molecule has 0 unspecified atom stereocenters. The van der Waals surface area contributed by atoms with E-state index in [-0.39, 0.29) is 18.4 Å². The third kappa shape index (κ3) is 5.67. The minimum absolute atomic E-state index is 0.136. The van der Waals surface area contributed by atoms with Crippen molar-refractivity contribution in [3.63, 3.8) is 0 Å². The van der Waals surface area contributed by atoms with Crippen LogP contribution in [0.1, 0.15) is 56.4 Å². The second kappa shape index (κ2) is 9.74. The van der Waals surface area contributed by atoms with Crippen LogP contribution in [-0.2, 0) is 11.3 Å². The van der Waals surface area contributed by atoms with Crippen molar-refractivity contribution in [2.75, 3.05) is 13.1 Å². The molecular formula is C24H29FN6O3. The van der Waals surface area contributed by atoms with E-state index >= 15 is 0 Å². The third-order valence-corrected chi connectivity index (χ3v) is 5.72. The van der Waals surface area contributed by atoms with Crippen LogP contribution in [0.5, 0.6) is 5.75 Å². The smallest absolute Gasteiger partial charge is 0.410 e. The molecule has 1 aliphatic heterocycles. The minimum atomic E-state index is -0.501. The summed E-state index contributed by atoms with van der Waals surface area (Å²) < 4.78 is 27.0. The molecule has 0 spiro atoms. The Balaban J connectivity index is 1.34. The van der Waals surface area contributed by atoms with Crippen molar-refractivity contribution in [3.8, 4) is 11.4 Å². The first kappa shape index (κ1) is 23.6. The van der Waals surface area contributed by atoms with Gasteiger partial charge in [-0.15, -0.1) is 5.10 Å². The van der Waals surface area contributed by atoms with Gasteiger partial charge >= 0.3 is 6.09 Å². The second-order valence-electron chi connectivity index (χ2n) is 9.43. The zero-order valence-corrected chi connectivity index (χ0v) is 19.9. The summed E-state index contributed by atoms with van der Waals surface area (Å²) >= 11 is 0. The lowest BCUT2D eigenvalue weighted by Crippen LogP contribution is -2.41. The Bertz CT molecular complexity index is 1140. The molecule has 1 aliphatic rings. The average Bonchev–Trinajstić information content (AvgIpc) is 3.33. The Morgan fingerprint density at radius 2 is 1.97 bits per heavy atom. The number of carbonyl (C=O) groups excluding carboxylic acids is 1. The van der Waals surface area contributed by atoms with Crippen LogP contribution in [0.3, 0.4) is 0 Å². The van der Waals surface area contributed by atoms with Crippen LogP contribution in [0.4, 0.5) is 9.18 Å². The molecule has 1 aromatic carbocycles.